The first-order valence-corrected chi connectivity index (χ1v) is 13.7. The van der Waals surface area contributed by atoms with Crippen LogP contribution < -0.4 is 5.30 Å². The number of amidine groups is 1. The van der Waals surface area contributed by atoms with Gasteiger partial charge < -0.3 is 4.67 Å². The van der Waals surface area contributed by atoms with E-state index in [1.165, 1.54) is 12.8 Å². The molecule has 5 nitrogen and oxygen atoms in total. The lowest BCUT2D eigenvalue weighted by Crippen LogP contribution is -2.44. The number of aryl methyl sites for hydroxylation is 1. The summed E-state index contributed by atoms with van der Waals surface area (Å²) in [5.74, 6) is 1.90. The van der Waals surface area contributed by atoms with Crippen LogP contribution in [0.2, 0.25) is 0 Å². The number of benzene rings is 2. The lowest BCUT2D eigenvalue weighted by atomic mass is 10.2. The Balaban J connectivity index is 1.83. The van der Waals surface area contributed by atoms with Crippen LogP contribution in [0, 0.1) is 6.92 Å². The zero-order valence-corrected chi connectivity index (χ0v) is 20.0. The van der Waals surface area contributed by atoms with Crippen molar-refractivity contribution in [2.75, 3.05) is 13.1 Å². The number of hydrogen-bond acceptors (Lipinski definition) is 3. The number of aliphatic imine (C=N–C) groups is 1. The summed E-state index contributed by atoms with van der Waals surface area (Å²) in [5, 5.41) is 6.12. The van der Waals surface area contributed by atoms with E-state index in [1.807, 2.05) is 22.9 Å². The van der Waals surface area contributed by atoms with Crippen LogP contribution in [0.15, 0.2) is 65.7 Å². The van der Waals surface area contributed by atoms with Crippen LogP contribution in [-0.2, 0) is 11.8 Å². The van der Waals surface area contributed by atoms with E-state index in [4.69, 9.17) is 21.9 Å². The van der Waals surface area contributed by atoms with E-state index in [-0.39, 0.29) is 0 Å². The second kappa shape index (κ2) is 8.01. The highest BCUT2D eigenvalue weighted by Crippen LogP contribution is 2.61. The maximum absolute atomic E-state index is 6.72. The average Bonchev–Trinajstić information content (AvgIpc) is 3.57. The molecule has 2 aliphatic rings. The Morgan fingerprint density at radius 1 is 1.00 bits per heavy atom. The summed E-state index contributed by atoms with van der Waals surface area (Å²) in [5.41, 5.74) is 3.14. The summed E-state index contributed by atoms with van der Waals surface area (Å²) < 4.78 is 6.99. The summed E-state index contributed by atoms with van der Waals surface area (Å²) in [6.07, 6.45) is 0.0564. The number of aromatic nitrogens is 2. The minimum absolute atomic E-state index is 0.456. The van der Waals surface area contributed by atoms with E-state index in [0.29, 0.717) is 6.04 Å². The summed E-state index contributed by atoms with van der Waals surface area (Å²) in [6.45, 7) is 8.35. The monoisotopic (exact) mass is 449 g/mol. The molecule has 0 spiro atoms. The molecule has 7 heteroatoms. The Labute approximate surface area is 189 Å². The van der Waals surface area contributed by atoms with Crippen LogP contribution in [0.3, 0.4) is 0 Å². The molecular weight excluding hydrogens is 421 g/mol. The summed E-state index contributed by atoms with van der Waals surface area (Å²) in [6, 6.07) is 21.3. The van der Waals surface area contributed by atoms with E-state index >= 15 is 0 Å². The van der Waals surface area contributed by atoms with Crippen molar-refractivity contribution in [2.45, 2.75) is 39.7 Å². The number of hydrogen-bond donors (Lipinski definition) is 0. The molecule has 160 valence electrons. The molecule has 0 bridgehead atoms. The fourth-order valence-electron chi connectivity index (χ4n) is 4.47. The quantitative estimate of drug-likeness (QED) is 0.496. The van der Waals surface area contributed by atoms with Crippen LogP contribution >= 0.6 is 6.34 Å². The van der Waals surface area contributed by atoms with Gasteiger partial charge in [0.05, 0.1) is 16.7 Å². The topological polar surface area (TPSA) is 36.7 Å². The van der Waals surface area contributed by atoms with Gasteiger partial charge in [-0.3, -0.25) is 4.67 Å². The highest BCUT2D eigenvalue weighted by molar-refractivity contribution is 8.16. The maximum atomic E-state index is 6.72. The van der Waals surface area contributed by atoms with Crippen LogP contribution in [0.1, 0.15) is 37.9 Å². The standard InChI is InChI=1S/C24H28N5PS/c1-4-27(5-2)30(31)22-18(3)26-28(20-14-10-7-11-15-20)24(22)25-23(29(30)21-16-17-21)19-12-8-6-9-13-19/h6-15,21H,4-5,16-17H2,1-3H3. The predicted molar refractivity (Wildman–Crippen MR) is 133 cm³/mol. The van der Waals surface area contributed by atoms with Crippen molar-refractivity contribution in [3.63, 3.8) is 0 Å². The van der Waals surface area contributed by atoms with Gasteiger partial charge in [0.25, 0.3) is 0 Å². The SMILES string of the molecule is CCN(CC)P1(=S)c2c(C)nn(-c3ccccc3)c2N=C(c2ccccc2)N1C1CC1. The third kappa shape index (κ3) is 3.29. The zero-order chi connectivity index (χ0) is 21.6. The number of nitrogens with zero attached hydrogens (tertiary/aromatic N) is 5. The zero-order valence-electron chi connectivity index (χ0n) is 18.3. The fraction of sp³-hybridized carbons (Fsp3) is 0.333. The Bertz CT molecular complexity index is 1160. The number of fused-ring (bicyclic) bond motifs is 1. The third-order valence-electron chi connectivity index (χ3n) is 6.06. The molecule has 1 aromatic heterocycles. The molecule has 2 aromatic carbocycles. The van der Waals surface area contributed by atoms with Crippen LogP contribution in [0.5, 0.6) is 0 Å². The molecule has 0 amide bonds. The first kappa shape index (κ1) is 20.6. The Hall–Kier alpha value is -2.27. The lowest BCUT2D eigenvalue weighted by Gasteiger charge is -2.46. The molecule has 2 heterocycles. The van der Waals surface area contributed by atoms with Gasteiger partial charge in [-0.2, -0.15) is 5.10 Å². The molecule has 3 aromatic rings. The molecular formula is C24H28N5PS. The molecule has 1 saturated carbocycles. The molecule has 1 fully saturated rings. The van der Waals surface area contributed by atoms with E-state index < -0.39 is 6.34 Å². The molecule has 0 saturated heterocycles. The Kier molecular flexibility index (Phi) is 5.33. The van der Waals surface area contributed by atoms with Gasteiger partial charge in [-0.15, -0.1) is 0 Å². The number of rotatable bonds is 6. The van der Waals surface area contributed by atoms with Crippen molar-refractivity contribution in [1.82, 2.24) is 19.1 Å². The van der Waals surface area contributed by atoms with Gasteiger partial charge >= 0.3 is 0 Å². The van der Waals surface area contributed by atoms with Gasteiger partial charge in [0.1, 0.15) is 12.2 Å². The van der Waals surface area contributed by atoms with E-state index in [2.05, 4.69) is 72.6 Å². The second-order valence-corrected chi connectivity index (χ2v) is 12.1. The van der Waals surface area contributed by atoms with Crippen LogP contribution in [-0.4, -0.2) is 44.1 Å². The van der Waals surface area contributed by atoms with Gasteiger partial charge in [0.15, 0.2) is 5.82 Å². The van der Waals surface area contributed by atoms with Crippen LogP contribution in [0.4, 0.5) is 5.82 Å². The predicted octanol–water partition coefficient (Wildman–Crippen LogP) is 5.01. The van der Waals surface area contributed by atoms with Crippen molar-refractivity contribution in [2.24, 2.45) is 4.99 Å². The summed E-state index contributed by atoms with van der Waals surface area (Å²) >= 11 is 6.72. The van der Waals surface area contributed by atoms with Crippen molar-refractivity contribution in [1.29, 1.82) is 0 Å². The molecule has 31 heavy (non-hydrogen) atoms. The highest BCUT2D eigenvalue weighted by Gasteiger charge is 2.49. The minimum atomic E-state index is -2.29. The van der Waals surface area contributed by atoms with Crippen molar-refractivity contribution >= 4 is 35.1 Å². The average molecular weight is 450 g/mol. The van der Waals surface area contributed by atoms with E-state index in [9.17, 15) is 0 Å². The molecule has 1 atom stereocenters. The second-order valence-electron chi connectivity index (χ2n) is 8.07. The van der Waals surface area contributed by atoms with Gasteiger partial charge in [0.2, 0.25) is 0 Å². The summed E-state index contributed by atoms with van der Waals surface area (Å²) in [4.78, 5) is 5.28. The van der Waals surface area contributed by atoms with Crippen molar-refractivity contribution < 1.29 is 0 Å². The maximum Gasteiger partial charge on any atom is 0.169 e. The van der Waals surface area contributed by atoms with Crippen molar-refractivity contribution in [3.05, 3.63) is 71.9 Å². The minimum Gasteiger partial charge on any atom is -0.310 e. The van der Waals surface area contributed by atoms with Gasteiger partial charge in [-0.05, 0) is 31.9 Å². The first-order chi connectivity index (χ1) is 15.1. The Morgan fingerprint density at radius 3 is 2.19 bits per heavy atom. The Morgan fingerprint density at radius 2 is 1.61 bits per heavy atom. The molecule has 1 aliphatic heterocycles. The van der Waals surface area contributed by atoms with Gasteiger partial charge in [-0.25, -0.2) is 9.67 Å². The van der Waals surface area contributed by atoms with E-state index in [0.717, 1.165) is 47.0 Å². The highest BCUT2D eigenvalue weighted by atomic mass is 32.4. The summed E-state index contributed by atoms with van der Waals surface area (Å²) in [7, 11) is 0. The van der Waals surface area contributed by atoms with Crippen LogP contribution in [0.25, 0.3) is 5.69 Å². The largest absolute Gasteiger partial charge is 0.310 e. The number of para-hydroxylation sites is 1. The fourth-order valence-corrected chi connectivity index (χ4v) is 9.93. The molecule has 0 N–H and O–H groups in total. The molecule has 1 aliphatic carbocycles. The first-order valence-electron chi connectivity index (χ1n) is 11.0. The molecule has 5 rings (SSSR count). The van der Waals surface area contributed by atoms with E-state index in [1.54, 1.807) is 0 Å². The molecule has 0 radical (unpaired) electrons. The smallest absolute Gasteiger partial charge is 0.169 e. The molecule has 1 unspecified atom stereocenters. The lowest BCUT2D eigenvalue weighted by molar-refractivity contribution is 0.471. The third-order valence-corrected chi connectivity index (χ3v) is 11.4. The van der Waals surface area contributed by atoms with Gasteiger partial charge in [-0.1, -0.05) is 74.2 Å². The van der Waals surface area contributed by atoms with Crippen molar-refractivity contribution in [3.8, 4) is 5.69 Å². The van der Waals surface area contributed by atoms with Gasteiger partial charge in [0, 0.05) is 24.7 Å². The normalized spacial score (nSPS) is 20.6.